The molecule has 3 aromatic rings. The quantitative estimate of drug-likeness (QED) is 0.578. The molecule has 29 heavy (non-hydrogen) atoms. The van der Waals surface area contributed by atoms with Gasteiger partial charge in [-0.15, -0.1) is 11.3 Å². The summed E-state index contributed by atoms with van der Waals surface area (Å²) < 4.78 is 0. The van der Waals surface area contributed by atoms with Gasteiger partial charge in [0, 0.05) is 29.8 Å². The Morgan fingerprint density at radius 3 is 2.31 bits per heavy atom. The molecule has 0 aliphatic rings. The summed E-state index contributed by atoms with van der Waals surface area (Å²) in [5.74, 6) is -0.468. The number of hydrogen-bond acceptors (Lipinski definition) is 5. The summed E-state index contributed by atoms with van der Waals surface area (Å²) in [7, 11) is 0. The van der Waals surface area contributed by atoms with E-state index >= 15 is 0 Å². The molecule has 0 fully saturated rings. The van der Waals surface area contributed by atoms with Gasteiger partial charge >= 0.3 is 0 Å². The van der Waals surface area contributed by atoms with Crippen molar-refractivity contribution in [1.82, 2.24) is 4.98 Å². The lowest BCUT2D eigenvalue weighted by atomic mass is 10.1. The number of anilines is 3. The van der Waals surface area contributed by atoms with Gasteiger partial charge in [0.25, 0.3) is 5.91 Å². The third-order valence-electron chi connectivity index (χ3n) is 4.44. The molecule has 0 aliphatic heterocycles. The third-order valence-corrected chi connectivity index (χ3v) is 5.20. The summed E-state index contributed by atoms with van der Waals surface area (Å²) in [6.07, 6.45) is 0.265. The highest BCUT2D eigenvalue weighted by molar-refractivity contribution is 7.14. The number of benzene rings is 2. The Labute approximate surface area is 174 Å². The van der Waals surface area contributed by atoms with E-state index in [2.05, 4.69) is 34.4 Å². The lowest BCUT2D eigenvalue weighted by Crippen LogP contribution is -2.21. The molecule has 0 aliphatic carbocycles. The number of rotatable bonds is 8. The largest absolute Gasteiger partial charge is 0.372 e. The third kappa shape index (κ3) is 5.65. The first kappa shape index (κ1) is 20.5. The van der Waals surface area contributed by atoms with Crippen molar-refractivity contribution in [3.05, 3.63) is 71.2 Å². The van der Waals surface area contributed by atoms with Crippen LogP contribution in [0.1, 0.15) is 29.9 Å². The fourth-order valence-corrected chi connectivity index (χ4v) is 3.63. The number of amides is 2. The normalized spacial score (nSPS) is 10.4. The second-order valence-corrected chi connectivity index (χ2v) is 7.28. The second-order valence-electron chi connectivity index (χ2n) is 6.42. The molecule has 0 radical (unpaired) electrons. The van der Waals surface area contributed by atoms with Crippen LogP contribution in [-0.4, -0.2) is 29.9 Å². The first-order valence-corrected chi connectivity index (χ1v) is 10.4. The Balaban J connectivity index is 1.57. The van der Waals surface area contributed by atoms with Crippen LogP contribution >= 0.6 is 11.3 Å². The van der Waals surface area contributed by atoms with E-state index < -0.39 is 0 Å². The van der Waals surface area contributed by atoms with Crippen LogP contribution in [0, 0.1) is 0 Å². The van der Waals surface area contributed by atoms with Crippen molar-refractivity contribution < 1.29 is 9.59 Å². The van der Waals surface area contributed by atoms with E-state index in [4.69, 9.17) is 0 Å². The summed E-state index contributed by atoms with van der Waals surface area (Å²) in [6.45, 7) is 6.08. The minimum absolute atomic E-state index is 0.163. The molecule has 2 amide bonds. The van der Waals surface area contributed by atoms with Crippen molar-refractivity contribution in [1.29, 1.82) is 0 Å². The fraction of sp³-hybridized carbons (Fsp3) is 0.227. The fourth-order valence-electron chi connectivity index (χ4n) is 2.92. The van der Waals surface area contributed by atoms with Gasteiger partial charge in [-0.2, -0.15) is 0 Å². The zero-order valence-corrected chi connectivity index (χ0v) is 17.3. The number of aromatic nitrogens is 1. The van der Waals surface area contributed by atoms with Gasteiger partial charge in [0.15, 0.2) is 5.13 Å². The highest BCUT2D eigenvalue weighted by Crippen LogP contribution is 2.20. The van der Waals surface area contributed by atoms with Crippen LogP contribution in [0.2, 0.25) is 0 Å². The van der Waals surface area contributed by atoms with E-state index in [9.17, 15) is 9.59 Å². The molecular weight excluding hydrogens is 384 g/mol. The lowest BCUT2D eigenvalue weighted by Gasteiger charge is -2.21. The van der Waals surface area contributed by atoms with Gasteiger partial charge in [-0.05, 0) is 43.7 Å². The molecular formula is C22H24N4O2S. The van der Waals surface area contributed by atoms with Crippen LogP contribution in [0.25, 0.3) is 0 Å². The zero-order chi connectivity index (χ0) is 20.6. The van der Waals surface area contributed by atoms with E-state index in [1.54, 1.807) is 5.38 Å². The monoisotopic (exact) mass is 408 g/mol. The standard InChI is InChI=1S/C22H24N4O2S/c1-3-26(4-2)18-12-10-17(11-13-18)23-21(28)19-15-29-22(24-19)25-20(27)14-16-8-6-5-7-9-16/h5-13,15H,3-4,14H2,1-2H3,(H,23,28)(H,24,25,27). The summed E-state index contributed by atoms with van der Waals surface area (Å²) >= 11 is 1.23. The van der Waals surface area contributed by atoms with Gasteiger partial charge in [0.2, 0.25) is 5.91 Å². The molecule has 1 heterocycles. The van der Waals surface area contributed by atoms with Crippen molar-refractivity contribution in [3.8, 4) is 0 Å². The Morgan fingerprint density at radius 2 is 1.66 bits per heavy atom. The molecule has 0 spiro atoms. The molecule has 0 bridgehead atoms. The van der Waals surface area contributed by atoms with E-state index in [1.165, 1.54) is 11.3 Å². The summed E-state index contributed by atoms with van der Waals surface area (Å²) in [6, 6.07) is 17.2. The Hall–Kier alpha value is -3.19. The van der Waals surface area contributed by atoms with Crippen molar-refractivity contribution >= 4 is 39.7 Å². The smallest absolute Gasteiger partial charge is 0.275 e. The summed E-state index contributed by atoms with van der Waals surface area (Å²) in [4.78, 5) is 31.0. The van der Waals surface area contributed by atoms with E-state index in [0.717, 1.165) is 24.3 Å². The summed E-state index contributed by atoms with van der Waals surface area (Å²) in [5.41, 5.74) is 3.02. The number of carbonyl (C=O) groups is 2. The highest BCUT2D eigenvalue weighted by Gasteiger charge is 2.13. The maximum Gasteiger partial charge on any atom is 0.275 e. The predicted molar refractivity (Wildman–Crippen MR) is 119 cm³/mol. The maximum absolute atomic E-state index is 12.4. The zero-order valence-electron chi connectivity index (χ0n) is 16.5. The minimum atomic E-state index is -0.305. The van der Waals surface area contributed by atoms with Crippen molar-refractivity contribution in [3.63, 3.8) is 0 Å². The van der Waals surface area contributed by atoms with Gasteiger partial charge in [-0.1, -0.05) is 30.3 Å². The molecule has 0 unspecified atom stereocenters. The number of thiazole rings is 1. The van der Waals surface area contributed by atoms with Crippen LogP contribution in [0.5, 0.6) is 0 Å². The number of carbonyl (C=O) groups excluding carboxylic acids is 2. The SMILES string of the molecule is CCN(CC)c1ccc(NC(=O)c2csc(NC(=O)Cc3ccccc3)n2)cc1. The molecule has 150 valence electrons. The molecule has 0 atom stereocenters. The Morgan fingerprint density at radius 1 is 0.966 bits per heavy atom. The van der Waals surface area contributed by atoms with E-state index in [-0.39, 0.29) is 23.9 Å². The van der Waals surface area contributed by atoms with Crippen molar-refractivity contribution in [2.75, 3.05) is 28.6 Å². The molecule has 0 saturated carbocycles. The topological polar surface area (TPSA) is 74.3 Å². The Bertz CT molecular complexity index is 950. The Kier molecular flexibility index (Phi) is 6.97. The van der Waals surface area contributed by atoms with Gasteiger partial charge in [-0.3, -0.25) is 9.59 Å². The number of hydrogen-bond donors (Lipinski definition) is 2. The molecule has 2 N–H and O–H groups in total. The first-order chi connectivity index (χ1) is 14.1. The predicted octanol–water partition coefficient (Wildman–Crippen LogP) is 4.42. The lowest BCUT2D eigenvalue weighted by molar-refractivity contribution is -0.115. The van der Waals surface area contributed by atoms with Crippen molar-refractivity contribution in [2.45, 2.75) is 20.3 Å². The number of nitrogens with zero attached hydrogens (tertiary/aromatic N) is 2. The average molecular weight is 409 g/mol. The van der Waals surface area contributed by atoms with Crippen LogP contribution in [0.3, 0.4) is 0 Å². The molecule has 2 aromatic carbocycles. The molecule has 1 aromatic heterocycles. The van der Waals surface area contributed by atoms with Crippen molar-refractivity contribution in [2.24, 2.45) is 0 Å². The minimum Gasteiger partial charge on any atom is -0.372 e. The molecule has 7 heteroatoms. The summed E-state index contributed by atoms with van der Waals surface area (Å²) in [5, 5.41) is 7.63. The second kappa shape index (κ2) is 9.84. The van der Waals surface area contributed by atoms with Crippen LogP contribution in [0.15, 0.2) is 60.0 Å². The maximum atomic E-state index is 12.4. The van der Waals surface area contributed by atoms with Crippen LogP contribution in [-0.2, 0) is 11.2 Å². The molecule has 6 nitrogen and oxygen atoms in total. The molecule has 3 rings (SSSR count). The van der Waals surface area contributed by atoms with E-state index in [0.29, 0.717) is 10.8 Å². The van der Waals surface area contributed by atoms with Gasteiger partial charge in [0.05, 0.1) is 6.42 Å². The average Bonchev–Trinajstić information content (AvgIpc) is 3.19. The van der Waals surface area contributed by atoms with Gasteiger partial charge in [0.1, 0.15) is 5.69 Å². The first-order valence-electron chi connectivity index (χ1n) is 9.54. The highest BCUT2D eigenvalue weighted by atomic mass is 32.1. The van der Waals surface area contributed by atoms with Gasteiger partial charge in [-0.25, -0.2) is 4.98 Å². The van der Waals surface area contributed by atoms with E-state index in [1.807, 2.05) is 54.6 Å². The van der Waals surface area contributed by atoms with Crippen LogP contribution < -0.4 is 15.5 Å². The molecule has 0 saturated heterocycles. The number of nitrogens with one attached hydrogen (secondary N) is 2. The van der Waals surface area contributed by atoms with Gasteiger partial charge < -0.3 is 15.5 Å². The van der Waals surface area contributed by atoms with Crippen LogP contribution in [0.4, 0.5) is 16.5 Å².